The molecule has 0 radical (unpaired) electrons. The molecule has 1 aliphatic carbocycles. The first-order chi connectivity index (χ1) is 12.5. The minimum Gasteiger partial charge on any atom is -0.498 e. The lowest BCUT2D eigenvalue weighted by Gasteiger charge is -2.39. The molecule has 26 heavy (non-hydrogen) atoms. The summed E-state index contributed by atoms with van der Waals surface area (Å²) < 4.78 is 22.3. The number of hydrogen-bond donors (Lipinski definition) is 0. The first-order valence-corrected chi connectivity index (χ1v) is 8.61. The molecule has 0 saturated carbocycles. The second-order valence-corrected chi connectivity index (χ2v) is 6.53. The molecule has 0 saturated heterocycles. The van der Waals surface area contributed by atoms with Gasteiger partial charge in [0.2, 0.25) is 6.79 Å². The zero-order valence-corrected chi connectivity index (χ0v) is 15.4. The van der Waals surface area contributed by atoms with Crippen LogP contribution in [0.2, 0.25) is 0 Å². The average molecular weight is 356 g/mol. The normalized spacial score (nSPS) is 22.5. The van der Waals surface area contributed by atoms with E-state index in [1.54, 1.807) is 20.3 Å². The predicted molar refractivity (Wildman–Crippen MR) is 98.2 cm³/mol. The monoisotopic (exact) mass is 356 g/mol. The molecule has 1 aromatic carbocycles. The minimum absolute atomic E-state index is 0.0204. The van der Waals surface area contributed by atoms with Gasteiger partial charge in [-0.25, -0.2) is 0 Å². The van der Waals surface area contributed by atoms with E-state index in [4.69, 9.17) is 18.9 Å². The van der Waals surface area contributed by atoms with Crippen LogP contribution in [0, 0.1) is 5.92 Å². The Labute approximate surface area is 153 Å². The zero-order chi connectivity index (χ0) is 18.7. The third-order valence-electron chi connectivity index (χ3n) is 4.99. The lowest BCUT2D eigenvalue weighted by molar-refractivity contribution is -0.112. The highest BCUT2D eigenvalue weighted by Gasteiger charge is 2.43. The first kappa shape index (κ1) is 18.3. The summed E-state index contributed by atoms with van der Waals surface area (Å²) in [5.41, 5.74) is 0.960. The maximum Gasteiger partial charge on any atom is 0.231 e. The van der Waals surface area contributed by atoms with Crippen molar-refractivity contribution >= 4 is 5.78 Å². The molecule has 0 bridgehead atoms. The van der Waals surface area contributed by atoms with Gasteiger partial charge in [0.05, 0.1) is 7.11 Å². The third kappa shape index (κ3) is 3.15. The van der Waals surface area contributed by atoms with Gasteiger partial charge in [-0.2, -0.15) is 0 Å². The highest BCUT2D eigenvalue weighted by Crippen LogP contribution is 2.40. The summed E-state index contributed by atoms with van der Waals surface area (Å²) in [5.74, 6) is 1.99. The number of hydrogen-bond acceptors (Lipinski definition) is 5. The molecule has 0 spiro atoms. The summed E-state index contributed by atoms with van der Waals surface area (Å²) in [6.07, 6.45) is 6.34. The quantitative estimate of drug-likeness (QED) is 0.699. The topological polar surface area (TPSA) is 54.0 Å². The van der Waals surface area contributed by atoms with Crippen molar-refractivity contribution in [1.82, 2.24) is 0 Å². The Morgan fingerprint density at radius 1 is 1.31 bits per heavy atom. The Hall–Kier alpha value is -2.53. The molecule has 138 valence electrons. The van der Waals surface area contributed by atoms with Crippen molar-refractivity contribution in [2.75, 3.05) is 21.0 Å². The van der Waals surface area contributed by atoms with Crippen LogP contribution in [0.5, 0.6) is 11.5 Å². The van der Waals surface area contributed by atoms with Gasteiger partial charge >= 0.3 is 0 Å². The number of carbonyl (C=O) groups is 1. The van der Waals surface area contributed by atoms with Gasteiger partial charge in [-0.15, -0.1) is 6.58 Å². The molecule has 2 aliphatic rings. The fourth-order valence-corrected chi connectivity index (χ4v) is 3.58. The minimum atomic E-state index is -0.808. The van der Waals surface area contributed by atoms with E-state index in [9.17, 15) is 4.79 Å². The number of rotatable bonds is 7. The predicted octanol–water partition coefficient (Wildman–Crippen LogP) is 3.59. The number of ether oxygens (including phenoxy) is 4. The van der Waals surface area contributed by atoms with Gasteiger partial charge in [-0.1, -0.05) is 19.1 Å². The van der Waals surface area contributed by atoms with Crippen molar-refractivity contribution < 1.29 is 23.7 Å². The molecule has 0 fully saturated rings. The zero-order valence-electron chi connectivity index (χ0n) is 15.4. The summed E-state index contributed by atoms with van der Waals surface area (Å²) >= 11 is 0. The van der Waals surface area contributed by atoms with Crippen LogP contribution in [-0.4, -0.2) is 32.4 Å². The van der Waals surface area contributed by atoms with Gasteiger partial charge in [0.1, 0.15) is 11.4 Å². The molecule has 1 aliphatic heterocycles. The number of allylic oxidation sites excluding steroid dienone is 3. The molecule has 1 heterocycles. The van der Waals surface area contributed by atoms with Gasteiger partial charge in [0, 0.05) is 24.7 Å². The second kappa shape index (κ2) is 7.38. The first-order valence-electron chi connectivity index (χ1n) is 8.61. The number of ketones is 1. The summed E-state index contributed by atoms with van der Waals surface area (Å²) in [6, 6.07) is 5.92. The number of carbonyl (C=O) groups excluding carboxylic acids is 1. The van der Waals surface area contributed by atoms with E-state index in [0.717, 1.165) is 23.5 Å². The molecule has 5 nitrogen and oxygen atoms in total. The average Bonchev–Trinajstić information content (AvgIpc) is 3.11. The van der Waals surface area contributed by atoms with E-state index in [0.29, 0.717) is 17.8 Å². The fraction of sp³-hybridized carbons (Fsp3) is 0.381. The molecular formula is C21H24O5. The maximum atomic E-state index is 12.3. The van der Waals surface area contributed by atoms with Crippen LogP contribution >= 0.6 is 0 Å². The van der Waals surface area contributed by atoms with E-state index in [2.05, 4.69) is 13.5 Å². The molecule has 1 aromatic rings. The lowest BCUT2D eigenvalue weighted by atomic mass is 9.77. The van der Waals surface area contributed by atoms with Crippen LogP contribution in [0.4, 0.5) is 0 Å². The van der Waals surface area contributed by atoms with Crippen molar-refractivity contribution in [2.24, 2.45) is 5.92 Å². The van der Waals surface area contributed by atoms with Crippen molar-refractivity contribution in [3.63, 3.8) is 0 Å². The largest absolute Gasteiger partial charge is 0.498 e. The Kier molecular flexibility index (Phi) is 5.18. The van der Waals surface area contributed by atoms with Crippen LogP contribution in [0.3, 0.4) is 0 Å². The molecule has 2 atom stereocenters. The number of benzene rings is 1. The van der Waals surface area contributed by atoms with Crippen molar-refractivity contribution in [1.29, 1.82) is 0 Å². The maximum absolute atomic E-state index is 12.3. The fourth-order valence-electron chi connectivity index (χ4n) is 3.58. The van der Waals surface area contributed by atoms with Crippen molar-refractivity contribution in [3.8, 4) is 11.5 Å². The molecule has 0 aromatic heterocycles. The Morgan fingerprint density at radius 2 is 2.08 bits per heavy atom. The molecule has 0 amide bonds. The summed E-state index contributed by atoms with van der Waals surface area (Å²) in [7, 11) is 3.20. The van der Waals surface area contributed by atoms with Crippen LogP contribution in [0.1, 0.15) is 18.9 Å². The molecule has 0 unspecified atom stereocenters. The van der Waals surface area contributed by atoms with Gasteiger partial charge in [-0.05, 0) is 36.6 Å². The highest BCUT2D eigenvalue weighted by atomic mass is 16.7. The van der Waals surface area contributed by atoms with E-state index in [1.165, 1.54) is 6.08 Å². The van der Waals surface area contributed by atoms with Gasteiger partial charge < -0.3 is 18.9 Å². The molecule has 3 rings (SSSR count). The smallest absolute Gasteiger partial charge is 0.231 e. The number of methoxy groups -OCH3 is 2. The van der Waals surface area contributed by atoms with E-state index in [1.807, 2.05) is 24.3 Å². The SMILES string of the molecule is C=CCC1=C[C@@](OC)([C@H](C)Cc2ccc3c(c2)OCO3)C(OC)=CC1=O. The Morgan fingerprint density at radius 3 is 2.77 bits per heavy atom. The second-order valence-electron chi connectivity index (χ2n) is 6.53. The van der Waals surface area contributed by atoms with Crippen LogP contribution in [-0.2, 0) is 20.7 Å². The summed E-state index contributed by atoms with van der Waals surface area (Å²) in [6.45, 7) is 6.07. The van der Waals surface area contributed by atoms with Gasteiger partial charge in [0.25, 0.3) is 0 Å². The molecule has 0 N–H and O–H groups in total. The number of fused-ring (bicyclic) bond motifs is 1. The van der Waals surface area contributed by atoms with E-state index < -0.39 is 5.60 Å². The summed E-state index contributed by atoms with van der Waals surface area (Å²) in [4.78, 5) is 12.3. The highest BCUT2D eigenvalue weighted by molar-refractivity contribution is 6.06. The van der Waals surface area contributed by atoms with E-state index in [-0.39, 0.29) is 18.5 Å². The van der Waals surface area contributed by atoms with Crippen LogP contribution in [0.15, 0.2) is 54.3 Å². The standard InChI is InChI=1S/C21H24O5/c1-5-6-16-12-21(24-4,20(23-3)11-17(16)22)14(2)9-15-7-8-18-19(10-15)26-13-25-18/h5,7-8,10-12,14H,1,6,9,13H2,2-4H3/t14-,21-/m1/s1. The Balaban J connectivity index is 1.92. The van der Waals surface area contributed by atoms with Gasteiger partial charge in [-0.3, -0.25) is 4.79 Å². The molecule has 5 heteroatoms. The summed E-state index contributed by atoms with van der Waals surface area (Å²) in [5, 5.41) is 0. The van der Waals surface area contributed by atoms with E-state index >= 15 is 0 Å². The third-order valence-corrected chi connectivity index (χ3v) is 4.99. The Bertz CT molecular complexity index is 777. The van der Waals surface area contributed by atoms with Gasteiger partial charge in [0.15, 0.2) is 17.3 Å². The van der Waals surface area contributed by atoms with Crippen molar-refractivity contribution in [3.05, 3.63) is 59.9 Å². The van der Waals surface area contributed by atoms with Crippen LogP contribution in [0.25, 0.3) is 0 Å². The van der Waals surface area contributed by atoms with Crippen LogP contribution < -0.4 is 9.47 Å². The lowest BCUT2D eigenvalue weighted by Crippen LogP contribution is -2.43. The van der Waals surface area contributed by atoms with Crippen molar-refractivity contribution in [2.45, 2.75) is 25.4 Å². The molecular weight excluding hydrogens is 332 g/mol.